The summed E-state index contributed by atoms with van der Waals surface area (Å²) in [5.74, 6) is 0.279. The molecule has 1 aliphatic heterocycles. The van der Waals surface area contributed by atoms with Gasteiger partial charge in [-0.15, -0.1) is 0 Å². The number of aromatic amines is 1. The summed E-state index contributed by atoms with van der Waals surface area (Å²) in [6.07, 6.45) is 2.77. The zero-order chi connectivity index (χ0) is 22.7. The van der Waals surface area contributed by atoms with Crippen LogP contribution in [0.4, 0.5) is 9.93 Å². The van der Waals surface area contributed by atoms with Gasteiger partial charge in [-0.2, -0.15) is 5.10 Å². The van der Waals surface area contributed by atoms with Crippen molar-refractivity contribution in [2.45, 2.75) is 46.6 Å². The highest BCUT2D eigenvalue weighted by Gasteiger charge is 2.30. The summed E-state index contributed by atoms with van der Waals surface area (Å²) in [6.45, 7) is 12.3. The molecule has 10 heteroatoms. The molecule has 5 rings (SSSR count). The number of thiazole rings is 1. The van der Waals surface area contributed by atoms with Gasteiger partial charge in [0.15, 0.2) is 10.8 Å². The fraction of sp³-hybridized carbons (Fsp3) is 0.455. The summed E-state index contributed by atoms with van der Waals surface area (Å²) >= 11 is 1.64. The third-order valence-electron chi connectivity index (χ3n) is 6.50. The molecule has 0 radical (unpaired) electrons. The van der Waals surface area contributed by atoms with Crippen LogP contribution in [0.5, 0.6) is 0 Å². The molecule has 0 spiro atoms. The topological polar surface area (TPSA) is 103 Å². The first kappa shape index (κ1) is 20.7. The number of pyridine rings is 1. The van der Waals surface area contributed by atoms with E-state index in [0.29, 0.717) is 19.6 Å². The van der Waals surface area contributed by atoms with Crippen molar-refractivity contribution in [3.63, 3.8) is 0 Å². The van der Waals surface area contributed by atoms with Crippen LogP contribution in [0.1, 0.15) is 43.4 Å². The molecule has 0 saturated carbocycles. The molecule has 1 atom stereocenters. The molecule has 4 aromatic rings. The quantitative estimate of drug-likeness (QED) is 0.480. The van der Waals surface area contributed by atoms with Crippen LogP contribution in [0.3, 0.4) is 0 Å². The van der Waals surface area contributed by atoms with Gasteiger partial charge in [-0.05, 0) is 37.8 Å². The smallest absolute Gasteiger partial charge is 0.407 e. The van der Waals surface area contributed by atoms with E-state index in [-0.39, 0.29) is 12.0 Å². The second kappa shape index (κ2) is 7.47. The highest BCUT2D eigenvalue weighted by atomic mass is 32.1. The van der Waals surface area contributed by atoms with Crippen LogP contribution < -0.4 is 4.90 Å². The number of piperazine rings is 1. The second-order valence-electron chi connectivity index (χ2n) is 8.83. The Morgan fingerprint density at radius 3 is 2.75 bits per heavy atom. The first-order chi connectivity index (χ1) is 15.3. The molecule has 0 bridgehead atoms. The molecule has 0 unspecified atom stereocenters. The van der Waals surface area contributed by atoms with Crippen molar-refractivity contribution < 1.29 is 9.90 Å². The van der Waals surface area contributed by atoms with E-state index in [2.05, 4.69) is 54.6 Å². The lowest BCUT2D eigenvalue weighted by atomic mass is 9.96. The van der Waals surface area contributed by atoms with E-state index in [1.54, 1.807) is 17.7 Å². The Morgan fingerprint density at radius 1 is 1.28 bits per heavy atom. The number of nitrogens with zero attached hydrogens (tertiary/aromatic N) is 6. The van der Waals surface area contributed by atoms with Crippen molar-refractivity contribution in [2.24, 2.45) is 0 Å². The molecule has 1 fully saturated rings. The lowest BCUT2D eigenvalue weighted by Crippen LogP contribution is -2.53. The standard InChI is InChI=1S/C22H27N7O2S/c1-11(2)16-17(15-9-29-19(23-10-24-29)14(5)13(15)4)25-20-18(16)26-21(32-20)28-7-6-27(22(30)31)8-12(28)3/h9-12,25H,6-8H2,1-5H3,(H,30,31)/t12-/m1/s1. The van der Waals surface area contributed by atoms with Gasteiger partial charge in [-0.3, -0.25) is 0 Å². The van der Waals surface area contributed by atoms with Crippen LogP contribution in [-0.2, 0) is 0 Å². The lowest BCUT2D eigenvalue weighted by Gasteiger charge is -2.38. The Bertz CT molecular complexity index is 1340. The number of fused-ring (bicyclic) bond motifs is 2. The van der Waals surface area contributed by atoms with E-state index in [1.807, 2.05) is 10.7 Å². The molecule has 2 N–H and O–H groups in total. The molecule has 1 aliphatic rings. The summed E-state index contributed by atoms with van der Waals surface area (Å²) in [7, 11) is 0. The summed E-state index contributed by atoms with van der Waals surface area (Å²) in [5.41, 5.74) is 7.56. The molecular weight excluding hydrogens is 426 g/mol. The molecule has 0 aromatic carbocycles. The van der Waals surface area contributed by atoms with E-state index in [1.165, 1.54) is 16.0 Å². The van der Waals surface area contributed by atoms with Crippen LogP contribution >= 0.6 is 11.3 Å². The number of nitrogens with one attached hydrogen (secondary N) is 1. The van der Waals surface area contributed by atoms with Gasteiger partial charge in [0, 0.05) is 43.0 Å². The van der Waals surface area contributed by atoms with Gasteiger partial charge in [-0.1, -0.05) is 25.2 Å². The maximum absolute atomic E-state index is 11.3. The number of amides is 1. The Balaban J connectivity index is 1.59. The number of anilines is 1. The van der Waals surface area contributed by atoms with Gasteiger partial charge in [0.05, 0.1) is 5.69 Å². The average molecular weight is 454 g/mol. The van der Waals surface area contributed by atoms with Crippen molar-refractivity contribution in [2.75, 3.05) is 24.5 Å². The van der Waals surface area contributed by atoms with Crippen molar-refractivity contribution in [3.05, 3.63) is 29.2 Å². The summed E-state index contributed by atoms with van der Waals surface area (Å²) in [6, 6.07) is 0.0803. The van der Waals surface area contributed by atoms with Gasteiger partial charge in [-0.25, -0.2) is 19.3 Å². The first-order valence-corrected chi connectivity index (χ1v) is 11.6. The molecule has 4 aromatic heterocycles. The summed E-state index contributed by atoms with van der Waals surface area (Å²) < 4.78 is 1.83. The van der Waals surface area contributed by atoms with Gasteiger partial charge < -0.3 is 19.9 Å². The van der Waals surface area contributed by atoms with Crippen molar-refractivity contribution >= 4 is 38.6 Å². The minimum atomic E-state index is -0.857. The maximum Gasteiger partial charge on any atom is 0.407 e. The second-order valence-corrected chi connectivity index (χ2v) is 9.81. The van der Waals surface area contributed by atoms with E-state index < -0.39 is 6.09 Å². The molecule has 168 valence electrons. The SMILES string of the molecule is Cc1c(-c2[nH]c3sc(N4CCN(C(=O)O)C[C@H]4C)nc3c2C(C)C)cn2ncnc2c1C. The molecule has 32 heavy (non-hydrogen) atoms. The number of H-pyrrole nitrogens is 1. The minimum absolute atomic E-state index is 0.0803. The average Bonchev–Trinajstić information content (AvgIpc) is 3.44. The fourth-order valence-corrected chi connectivity index (χ4v) is 5.76. The molecule has 1 saturated heterocycles. The third kappa shape index (κ3) is 3.12. The summed E-state index contributed by atoms with van der Waals surface area (Å²) in [4.78, 5) is 29.1. The van der Waals surface area contributed by atoms with Gasteiger partial charge in [0.2, 0.25) is 0 Å². The van der Waals surface area contributed by atoms with Crippen LogP contribution in [0.15, 0.2) is 12.5 Å². The number of rotatable bonds is 3. The van der Waals surface area contributed by atoms with Crippen molar-refractivity contribution in [1.82, 2.24) is 29.5 Å². The van der Waals surface area contributed by atoms with Gasteiger partial charge in [0.1, 0.15) is 16.7 Å². The lowest BCUT2D eigenvalue weighted by molar-refractivity contribution is 0.136. The minimum Gasteiger partial charge on any atom is -0.465 e. The first-order valence-electron chi connectivity index (χ1n) is 10.8. The largest absolute Gasteiger partial charge is 0.465 e. The van der Waals surface area contributed by atoms with Crippen LogP contribution in [0.2, 0.25) is 0 Å². The van der Waals surface area contributed by atoms with Crippen molar-refractivity contribution in [3.8, 4) is 11.3 Å². The van der Waals surface area contributed by atoms with Crippen LogP contribution in [0.25, 0.3) is 27.3 Å². The van der Waals surface area contributed by atoms with Gasteiger partial charge in [0.25, 0.3) is 0 Å². The molecule has 5 heterocycles. The number of aromatic nitrogens is 5. The Labute approximate surface area is 189 Å². The number of aryl methyl sites for hydroxylation is 1. The zero-order valence-corrected chi connectivity index (χ0v) is 19.7. The fourth-order valence-electron chi connectivity index (χ4n) is 4.64. The molecular formula is C22H27N7O2S. The molecule has 1 amide bonds. The molecule has 9 nitrogen and oxygen atoms in total. The predicted molar refractivity (Wildman–Crippen MR) is 126 cm³/mol. The van der Waals surface area contributed by atoms with Crippen LogP contribution in [-0.4, -0.2) is 66.3 Å². The highest BCUT2D eigenvalue weighted by molar-refractivity contribution is 7.21. The summed E-state index contributed by atoms with van der Waals surface area (Å²) in [5, 5.41) is 14.6. The number of carbonyl (C=O) groups is 1. The van der Waals surface area contributed by atoms with Gasteiger partial charge >= 0.3 is 6.09 Å². The van der Waals surface area contributed by atoms with E-state index >= 15 is 0 Å². The maximum atomic E-state index is 11.3. The van der Waals surface area contributed by atoms with E-state index in [9.17, 15) is 9.90 Å². The Kier molecular flexibility index (Phi) is 4.85. The Hall–Kier alpha value is -3.14. The van der Waals surface area contributed by atoms with Crippen LogP contribution in [0, 0.1) is 13.8 Å². The predicted octanol–water partition coefficient (Wildman–Crippen LogP) is 4.26. The molecule has 0 aliphatic carbocycles. The number of hydrogen-bond acceptors (Lipinski definition) is 6. The zero-order valence-electron chi connectivity index (χ0n) is 18.9. The van der Waals surface area contributed by atoms with E-state index in [4.69, 9.17) is 4.98 Å². The van der Waals surface area contributed by atoms with E-state index in [0.717, 1.165) is 37.9 Å². The Morgan fingerprint density at radius 2 is 2.06 bits per heavy atom. The number of hydrogen-bond donors (Lipinski definition) is 2. The number of carboxylic acid groups (broad SMARTS) is 1. The highest BCUT2D eigenvalue weighted by Crippen LogP contribution is 2.41. The van der Waals surface area contributed by atoms with Crippen molar-refractivity contribution in [1.29, 1.82) is 0 Å². The monoisotopic (exact) mass is 453 g/mol. The normalized spacial score (nSPS) is 17.2. The third-order valence-corrected chi connectivity index (χ3v) is 7.50.